The second kappa shape index (κ2) is 19.4. The summed E-state index contributed by atoms with van der Waals surface area (Å²) < 4.78 is 2.46. The standard InChI is InChI=1S/C67H58N4S/c1-45-12-26-52(27-13-45)68(53-28-14-46(2)15-29-53)59-40-60(69(54-30-16-47(3)17-31-54)55-32-18-48(4)19-33-55)42-61(41-59)70(56-34-20-49(5)21-35-56)62-43-64(67-63-10-8-9-11-65(63)72-66(67)44-62)71(57-36-22-50(6)23-37-57)58-38-24-51(7)25-39-58/h8-44H,1-7H3. The predicted octanol–water partition coefficient (Wildman–Crippen LogP) is 20.1. The first-order valence-corrected chi connectivity index (χ1v) is 25.6. The molecule has 0 unspecified atom stereocenters. The molecule has 0 N–H and O–H groups in total. The van der Waals surface area contributed by atoms with E-state index in [0.29, 0.717) is 0 Å². The molecule has 352 valence electrons. The first-order valence-electron chi connectivity index (χ1n) is 24.8. The average Bonchev–Trinajstić information content (AvgIpc) is 3.77. The van der Waals surface area contributed by atoms with Crippen LogP contribution in [0.2, 0.25) is 0 Å². The zero-order valence-corrected chi connectivity index (χ0v) is 42.9. The number of hydrogen-bond donors (Lipinski definition) is 0. The van der Waals surface area contributed by atoms with Crippen molar-refractivity contribution >= 4 is 99.8 Å². The van der Waals surface area contributed by atoms with Crippen molar-refractivity contribution in [3.8, 4) is 0 Å². The van der Waals surface area contributed by atoms with Crippen molar-refractivity contribution in [2.75, 3.05) is 19.6 Å². The van der Waals surface area contributed by atoms with Gasteiger partial charge in [-0.05, 0) is 170 Å². The monoisotopic (exact) mass is 950 g/mol. The maximum Gasteiger partial charge on any atom is 0.0575 e. The lowest BCUT2D eigenvalue weighted by atomic mass is 10.0. The van der Waals surface area contributed by atoms with Crippen molar-refractivity contribution in [3.63, 3.8) is 0 Å². The molecule has 5 heteroatoms. The minimum absolute atomic E-state index is 1.02. The third-order valence-corrected chi connectivity index (χ3v) is 14.8. The molecule has 11 aromatic rings. The van der Waals surface area contributed by atoms with Gasteiger partial charge in [0.05, 0.1) is 22.7 Å². The summed E-state index contributed by atoms with van der Waals surface area (Å²) in [6.45, 7) is 15.1. The van der Waals surface area contributed by atoms with Crippen LogP contribution < -0.4 is 19.6 Å². The highest BCUT2D eigenvalue weighted by Gasteiger charge is 2.26. The maximum atomic E-state index is 2.47. The molecule has 1 aromatic heterocycles. The van der Waals surface area contributed by atoms with Crippen molar-refractivity contribution in [2.24, 2.45) is 0 Å². The van der Waals surface area contributed by atoms with E-state index in [-0.39, 0.29) is 0 Å². The van der Waals surface area contributed by atoms with Crippen molar-refractivity contribution in [3.05, 3.63) is 263 Å². The molecule has 10 aromatic carbocycles. The Morgan fingerprint density at radius 2 is 0.500 bits per heavy atom. The van der Waals surface area contributed by atoms with E-state index >= 15 is 0 Å². The summed E-state index contributed by atoms with van der Waals surface area (Å²) in [7, 11) is 0. The largest absolute Gasteiger partial charge is 0.310 e. The Labute approximate surface area is 428 Å². The highest BCUT2D eigenvalue weighted by molar-refractivity contribution is 7.26. The van der Waals surface area contributed by atoms with Gasteiger partial charge in [0.25, 0.3) is 0 Å². The van der Waals surface area contributed by atoms with Crippen molar-refractivity contribution in [1.82, 2.24) is 0 Å². The van der Waals surface area contributed by atoms with Gasteiger partial charge in [-0.3, -0.25) is 0 Å². The number of hydrogen-bond acceptors (Lipinski definition) is 5. The van der Waals surface area contributed by atoms with Crippen molar-refractivity contribution in [2.45, 2.75) is 48.5 Å². The number of anilines is 12. The number of rotatable bonds is 12. The first-order chi connectivity index (χ1) is 35.0. The number of thiophene rings is 1. The second-order valence-corrected chi connectivity index (χ2v) is 20.4. The second-order valence-electron chi connectivity index (χ2n) is 19.3. The van der Waals surface area contributed by atoms with Crippen LogP contribution in [0.15, 0.2) is 224 Å². The third-order valence-electron chi connectivity index (χ3n) is 13.6. The SMILES string of the molecule is Cc1ccc(N(c2ccc(C)cc2)c2cc(N(c3ccc(C)cc3)c3ccc(C)cc3)cc(N(c3ccc(C)cc3)c3cc(N(c4ccc(C)cc4)c4ccc(C)cc4)c4c(c3)sc3ccccc34)c2)cc1. The van der Waals surface area contributed by atoms with Crippen LogP contribution in [0.3, 0.4) is 0 Å². The van der Waals surface area contributed by atoms with E-state index in [1.807, 2.05) is 11.3 Å². The summed E-state index contributed by atoms with van der Waals surface area (Å²) in [4.78, 5) is 9.72. The van der Waals surface area contributed by atoms with Gasteiger partial charge in [0.2, 0.25) is 0 Å². The number of benzene rings is 10. The zero-order valence-electron chi connectivity index (χ0n) is 42.1. The molecule has 0 aliphatic rings. The van der Waals surface area contributed by atoms with E-state index < -0.39 is 0 Å². The van der Waals surface area contributed by atoms with E-state index in [1.165, 1.54) is 59.1 Å². The van der Waals surface area contributed by atoms with Crippen LogP contribution >= 0.6 is 11.3 Å². The minimum atomic E-state index is 1.02. The van der Waals surface area contributed by atoms with Crippen LogP contribution in [0.1, 0.15) is 38.9 Å². The summed E-state index contributed by atoms with van der Waals surface area (Å²) in [5.74, 6) is 0. The molecule has 0 saturated heterocycles. The maximum absolute atomic E-state index is 2.47. The van der Waals surface area contributed by atoms with Crippen molar-refractivity contribution in [1.29, 1.82) is 0 Å². The van der Waals surface area contributed by atoms with E-state index in [1.54, 1.807) is 0 Å². The Kier molecular flexibility index (Phi) is 12.4. The lowest BCUT2D eigenvalue weighted by molar-refractivity contribution is 1.21. The minimum Gasteiger partial charge on any atom is -0.310 e. The lowest BCUT2D eigenvalue weighted by Gasteiger charge is -2.34. The Morgan fingerprint density at radius 1 is 0.236 bits per heavy atom. The average molecular weight is 951 g/mol. The molecule has 4 nitrogen and oxygen atoms in total. The van der Waals surface area contributed by atoms with Gasteiger partial charge in [-0.1, -0.05) is 142 Å². The Balaban J connectivity index is 1.24. The third kappa shape index (κ3) is 9.23. The molecule has 0 amide bonds. The van der Waals surface area contributed by atoms with Crippen LogP contribution in [-0.4, -0.2) is 0 Å². The number of nitrogens with zero attached hydrogens (tertiary/aromatic N) is 4. The van der Waals surface area contributed by atoms with Gasteiger partial charge >= 0.3 is 0 Å². The van der Waals surface area contributed by atoms with Gasteiger partial charge in [-0.15, -0.1) is 11.3 Å². The highest BCUT2D eigenvalue weighted by atomic mass is 32.1. The normalized spacial score (nSPS) is 11.3. The fourth-order valence-electron chi connectivity index (χ4n) is 9.72. The number of fused-ring (bicyclic) bond motifs is 3. The highest BCUT2D eigenvalue weighted by Crippen LogP contribution is 2.51. The van der Waals surface area contributed by atoms with E-state index in [9.17, 15) is 0 Å². The van der Waals surface area contributed by atoms with Crippen LogP contribution in [0.5, 0.6) is 0 Å². The lowest BCUT2D eigenvalue weighted by Crippen LogP contribution is -2.17. The molecule has 1 heterocycles. The summed E-state index contributed by atoms with van der Waals surface area (Å²) in [5, 5.41) is 2.47. The molecular weight excluding hydrogens is 893 g/mol. The molecule has 11 rings (SSSR count). The predicted molar refractivity (Wildman–Crippen MR) is 311 cm³/mol. The fourth-order valence-corrected chi connectivity index (χ4v) is 10.9. The molecule has 0 spiro atoms. The van der Waals surface area contributed by atoms with Gasteiger partial charge in [0.1, 0.15) is 0 Å². The Hall–Kier alpha value is -8.38. The topological polar surface area (TPSA) is 13.0 Å². The van der Waals surface area contributed by atoms with Crippen molar-refractivity contribution < 1.29 is 0 Å². The van der Waals surface area contributed by atoms with Gasteiger partial charge < -0.3 is 19.6 Å². The number of aryl methyl sites for hydroxylation is 7. The molecule has 0 fully saturated rings. The summed E-state index contributed by atoms with van der Waals surface area (Å²) in [5.41, 5.74) is 21.3. The smallest absolute Gasteiger partial charge is 0.0575 e. The molecule has 0 aliphatic carbocycles. The van der Waals surface area contributed by atoms with E-state index in [4.69, 9.17) is 0 Å². The molecule has 72 heavy (non-hydrogen) atoms. The van der Waals surface area contributed by atoms with Gasteiger partial charge in [-0.25, -0.2) is 0 Å². The molecule has 0 radical (unpaired) electrons. The van der Waals surface area contributed by atoms with Gasteiger partial charge in [-0.2, -0.15) is 0 Å². The van der Waals surface area contributed by atoms with Crippen LogP contribution in [-0.2, 0) is 0 Å². The molecule has 0 saturated carbocycles. The van der Waals surface area contributed by atoms with Gasteiger partial charge in [0, 0.05) is 65.7 Å². The molecule has 0 bridgehead atoms. The molecule has 0 aliphatic heterocycles. The van der Waals surface area contributed by atoms with E-state index in [2.05, 4.69) is 293 Å². The van der Waals surface area contributed by atoms with Gasteiger partial charge in [0.15, 0.2) is 0 Å². The zero-order chi connectivity index (χ0) is 49.5. The first kappa shape index (κ1) is 46.0. The summed E-state index contributed by atoms with van der Waals surface area (Å²) in [6, 6.07) is 83.3. The van der Waals surface area contributed by atoms with Crippen LogP contribution in [0.25, 0.3) is 20.2 Å². The van der Waals surface area contributed by atoms with Crippen LogP contribution in [0, 0.1) is 48.5 Å². The fraction of sp³-hybridized carbons (Fsp3) is 0.104. The Morgan fingerprint density at radius 3 is 0.819 bits per heavy atom. The summed E-state index contributed by atoms with van der Waals surface area (Å²) >= 11 is 1.85. The van der Waals surface area contributed by atoms with Crippen LogP contribution in [0.4, 0.5) is 68.2 Å². The molecule has 0 atom stereocenters. The quantitative estimate of drug-likeness (QED) is 0.121. The Bertz CT molecular complexity index is 3420. The molecular formula is C67H58N4S. The summed E-state index contributed by atoms with van der Waals surface area (Å²) in [6.07, 6.45) is 0. The van der Waals surface area contributed by atoms with E-state index in [0.717, 1.165) is 68.2 Å².